The van der Waals surface area contributed by atoms with Crippen molar-refractivity contribution in [3.05, 3.63) is 52.2 Å². The van der Waals surface area contributed by atoms with Crippen LogP contribution in [0.2, 0.25) is 10.0 Å². The Morgan fingerprint density at radius 2 is 1.96 bits per heavy atom. The van der Waals surface area contributed by atoms with Crippen LogP contribution in [-0.2, 0) is 5.75 Å². The van der Waals surface area contributed by atoms with E-state index in [2.05, 4.69) is 14.8 Å². The standard InChI is InChI=1S/C19H19Cl2N3OS/c20-14-9-8-13(16(21)11-14)12-26-19-23-22-18(17-7-4-10-25-17)24(19)15-5-2-1-3-6-15/h4,7-11,15H,1-3,5-6,12H2. The Kier molecular flexibility index (Phi) is 5.57. The van der Waals surface area contributed by atoms with Gasteiger partial charge in [-0.25, -0.2) is 0 Å². The van der Waals surface area contributed by atoms with E-state index in [1.165, 1.54) is 19.3 Å². The van der Waals surface area contributed by atoms with Gasteiger partial charge in [-0.15, -0.1) is 10.2 Å². The van der Waals surface area contributed by atoms with Crippen molar-refractivity contribution < 1.29 is 4.42 Å². The number of aromatic nitrogens is 3. The lowest BCUT2D eigenvalue weighted by Crippen LogP contribution is -2.15. The van der Waals surface area contributed by atoms with Crippen molar-refractivity contribution >= 4 is 35.0 Å². The fourth-order valence-corrected chi connectivity index (χ4v) is 4.96. The fourth-order valence-electron chi connectivity index (χ4n) is 3.40. The number of halogens is 2. The van der Waals surface area contributed by atoms with E-state index in [1.54, 1.807) is 24.1 Å². The Morgan fingerprint density at radius 1 is 1.12 bits per heavy atom. The first kappa shape index (κ1) is 18.0. The summed E-state index contributed by atoms with van der Waals surface area (Å²) < 4.78 is 7.85. The van der Waals surface area contributed by atoms with Crippen LogP contribution < -0.4 is 0 Å². The largest absolute Gasteiger partial charge is 0.461 e. The minimum absolute atomic E-state index is 0.419. The predicted octanol–water partition coefficient (Wildman–Crippen LogP) is 6.64. The topological polar surface area (TPSA) is 43.9 Å². The number of hydrogen-bond donors (Lipinski definition) is 0. The number of furan rings is 1. The van der Waals surface area contributed by atoms with Gasteiger partial charge in [0.25, 0.3) is 0 Å². The molecule has 2 heterocycles. The highest BCUT2D eigenvalue weighted by atomic mass is 35.5. The Labute approximate surface area is 166 Å². The highest BCUT2D eigenvalue weighted by Gasteiger charge is 2.25. The summed E-state index contributed by atoms with van der Waals surface area (Å²) in [6.07, 6.45) is 7.77. The van der Waals surface area contributed by atoms with Gasteiger partial charge in [0.2, 0.25) is 5.82 Å². The first-order chi connectivity index (χ1) is 12.7. The van der Waals surface area contributed by atoms with Crippen LogP contribution in [0.15, 0.2) is 46.2 Å². The Morgan fingerprint density at radius 3 is 2.69 bits per heavy atom. The van der Waals surface area contributed by atoms with Crippen molar-refractivity contribution in [3.8, 4) is 11.6 Å². The molecule has 3 aromatic rings. The first-order valence-corrected chi connectivity index (χ1v) is 10.5. The molecule has 0 amide bonds. The monoisotopic (exact) mass is 407 g/mol. The molecule has 26 heavy (non-hydrogen) atoms. The summed E-state index contributed by atoms with van der Waals surface area (Å²) in [5.41, 5.74) is 1.04. The molecular weight excluding hydrogens is 389 g/mol. The Bertz CT molecular complexity index is 873. The third-order valence-electron chi connectivity index (χ3n) is 4.72. The molecular formula is C19H19Cl2N3OS. The van der Waals surface area contributed by atoms with E-state index in [4.69, 9.17) is 27.6 Å². The van der Waals surface area contributed by atoms with E-state index in [9.17, 15) is 0 Å². The highest BCUT2D eigenvalue weighted by molar-refractivity contribution is 7.98. The second kappa shape index (κ2) is 8.07. The normalized spacial score (nSPS) is 15.5. The molecule has 0 atom stereocenters. The molecule has 0 N–H and O–H groups in total. The third kappa shape index (κ3) is 3.80. The molecule has 2 aromatic heterocycles. The first-order valence-electron chi connectivity index (χ1n) is 8.78. The van der Waals surface area contributed by atoms with Gasteiger partial charge in [0.15, 0.2) is 10.9 Å². The number of benzene rings is 1. The quantitative estimate of drug-likeness (QED) is 0.444. The maximum atomic E-state index is 6.32. The molecule has 4 rings (SSSR count). The van der Waals surface area contributed by atoms with Gasteiger partial charge in [0.05, 0.1) is 6.26 Å². The molecule has 1 aliphatic carbocycles. The lowest BCUT2D eigenvalue weighted by molar-refractivity contribution is 0.337. The van der Waals surface area contributed by atoms with Gasteiger partial charge in [0, 0.05) is 21.8 Å². The molecule has 7 heteroatoms. The average Bonchev–Trinajstić information content (AvgIpc) is 3.31. The van der Waals surface area contributed by atoms with Crippen molar-refractivity contribution in [3.63, 3.8) is 0 Å². The molecule has 1 aliphatic rings. The summed E-state index contributed by atoms with van der Waals surface area (Å²) in [7, 11) is 0. The molecule has 1 aromatic carbocycles. The summed E-state index contributed by atoms with van der Waals surface area (Å²) in [6, 6.07) is 9.85. The van der Waals surface area contributed by atoms with Crippen LogP contribution >= 0.6 is 35.0 Å². The SMILES string of the molecule is Clc1ccc(CSc2nnc(-c3ccco3)n2C2CCCCC2)c(Cl)c1. The van der Waals surface area contributed by atoms with Crippen molar-refractivity contribution in [2.24, 2.45) is 0 Å². The second-order valence-electron chi connectivity index (χ2n) is 6.47. The van der Waals surface area contributed by atoms with Gasteiger partial charge in [-0.3, -0.25) is 4.57 Å². The summed E-state index contributed by atoms with van der Waals surface area (Å²) in [4.78, 5) is 0. The predicted molar refractivity (Wildman–Crippen MR) is 106 cm³/mol. The number of nitrogens with zero attached hydrogens (tertiary/aromatic N) is 3. The molecule has 0 bridgehead atoms. The molecule has 0 radical (unpaired) electrons. The van der Waals surface area contributed by atoms with Gasteiger partial charge < -0.3 is 4.42 Å². The van der Waals surface area contributed by atoms with Gasteiger partial charge in [-0.1, -0.05) is 60.3 Å². The Balaban J connectivity index is 1.62. The van der Waals surface area contributed by atoms with Crippen LogP contribution in [0.4, 0.5) is 0 Å². The molecule has 4 nitrogen and oxygen atoms in total. The smallest absolute Gasteiger partial charge is 0.200 e. The van der Waals surface area contributed by atoms with E-state index in [0.29, 0.717) is 16.1 Å². The van der Waals surface area contributed by atoms with Crippen molar-refractivity contribution in [2.75, 3.05) is 0 Å². The fraction of sp³-hybridized carbons (Fsp3) is 0.368. The third-order valence-corrected chi connectivity index (χ3v) is 6.30. The molecule has 1 fully saturated rings. The summed E-state index contributed by atoms with van der Waals surface area (Å²) in [6.45, 7) is 0. The van der Waals surface area contributed by atoms with Gasteiger partial charge >= 0.3 is 0 Å². The van der Waals surface area contributed by atoms with E-state index >= 15 is 0 Å². The summed E-state index contributed by atoms with van der Waals surface area (Å²) in [5.74, 6) is 2.30. The van der Waals surface area contributed by atoms with Gasteiger partial charge in [-0.2, -0.15) is 0 Å². The number of thioether (sulfide) groups is 1. The van der Waals surface area contributed by atoms with Crippen molar-refractivity contribution in [2.45, 2.75) is 49.1 Å². The minimum atomic E-state index is 0.419. The average molecular weight is 408 g/mol. The zero-order valence-electron chi connectivity index (χ0n) is 14.2. The van der Waals surface area contributed by atoms with E-state index in [1.807, 2.05) is 24.3 Å². The number of rotatable bonds is 5. The molecule has 0 spiro atoms. The van der Waals surface area contributed by atoms with Crippen LogP contribution in [0.3, 0.4) is 0 Å². The van der Waals surface area contributed by atoms with Crippen LogP contribution in [0.1, 0.15) is 43.7 Å². The number of hydrogen-bond acceptors (Lipinski definition) is 4. The lowest BCUT2D eigenvalue weighted by atomic mass is 9.95. The van der Waals surface area contributed by atoms with Crippen LogP contribution in [-0.4, -0.2) is 14.8 Å². The highest BCUT2D eigenvalue weighted by Crippen LogP contribution is 2.37. The lowest BCUT2D eigenvalue weighted by Gasteiger charge is -2.25. The summed E-state index contributed by atoms with van der Waals surface area (Å²) in [5, 5.41) is 11.1. The molecule has 0 saturated heterocycles. The molecule has 0 aliphatic heterocycles. The zero-order chi connectivity index (χ0) is 17.9. The van der Waals surface area contributed by atoms with Gasteiger partial charge in [-0.05, 0) is 42.7 Å². The molecule has 1 saturated carbocycles. The van der Waals surface area contributed by atoms with Crippen molar-refractivity contribution in [1.82, 2.24) is 14.8 Å². The minimum Gasteiger partial charge on any atom is -0.461 e. The maximum absolute atomic E-state index is 6.32. The summed E-state index contributed by atoms with van der Waals surface area (Å²) >= 11 is 14.0. The zero-order valence-corrected chi connectivity index (χ0v) is 16.5. The molecule has 136 valence electrons. The Hall–Kier alpha value is -1.43. The molecule has 0 unspecified atom stereocenters. The van der Waals surface area contributed by atoms with E-state index in [0.717, 1.165) is 40.9 Å². The van der Waals surface area contributed by atoms with Gasteiger partial charge in [0.1, 0.15) is 0 Å². The van der Waals surface area contributed by atoms with E-state index < -0.39 is 0 Å². The van der Waals surface area contributed by atoms with E-state index in [-0.39, 0.29) is 0 Å². The second-order valence-corrected chi connectivity index (χ2v) is 8.26. The maximum Gasteiger partial charge on any atom is 0.200 e. The van der Waals surface area contributed by atoms with Crippen LogP contribution in [0.5, 0.6) is 0 Å². The van der Waals surface area contributed by atoms with Crippen LogP contribution in [0.25, 0.3) is 11.6 Å². The van der Waals surface area contributed by atoms with Crippen molar-refractivity contribution in [1.29, 1.82) is 0 Å². The van der Waals surface area contributed by atoms with Crippen LogP contribution in [0, 0.1) is 0 Å².